The lowest BCUT2D eigenvalue weighted by atomic mass is 10.3. The van der Waals surface area contributed by atoms with E-state index in [0.717, 1.165) is 4.74 Å². The monoisotopic (exact) mass is 341 g/mol. The van der Waals surface area contributed by atoms with Crippen LogP contribution in [0, 0.1) is 6.92 Å². The van der Waals surface area contributed by atoms with E-state index in [0.29, 0.717) is 10.8 Å². The van der Waals surface area contributed by atoms with Gasteiger partial charge in [-0.05, 0) is 50.3 Å². The number of carbonyl (C=O) groups excluding carboxylic acids is 1. The second-order valence-corrected chi connectivity index (χ2v) is 4.97. The van der Waals surface area contributed by atoms with E-state index in [1.165, 1.54) is 6.92 Å². The molecule has 1 aromatic heterocycles. The Bertz CT molecular complexity index is 763. The van der Waals surface area contributed by atoms with Crippen molar-refractivity contribution in [2.24, 2.45) is 0 Å². The molecule has 0 saturated carbocycles. The number of esters is 1. The normalized spacial score (nSPS) is 10.3. The number of thiocarbonyl (C=S) groups is 1. The van der Waals surface area contributed by atoms with E-state index >= 15 is 0 Å². The molecule has 0 spiro atoms. The van der Waals surface area contributed by atoms with Crippen LogP contribution in [0.2, 0.25) is 5.02 Å². The summed E-state index contributed by atoms with van der Waals surface area (Å²) in [5, 5.41) is 0.324. The van der Waals surface area contributed by atoms with Crippen LogP contribution in [-0.2, 0) is 4.74 Å². The fourth-order valence-electron chi connectivity index (χ4n) is 1.65. The summed E-state index contributed by atoms with van der Waals surface area (Å²) < 4.78 is 16.1. The molecule has 0 saturated heterocycles. The second kappa shape index (κ2) is 6.76. The zero-order chi connectivity index (χ0) is 16.3. The summed E-state index contributed by atoms with van der Waals surface area (Å²) in [4.78, 5) is 23.6. The van der Waals surface area contributed by atoms with Crippen LogP contribution in [0.15, 0.2) is 33.6 Å². The molecule has 2 rings (SSSR count). The lowest BCUT2D eigenvalue weighted by Gasteiger charge is -2.09. The van der Waals surface area contributed by atoms with Gasteiger partial charge in [0, 0.05) is 5.02 Å². The van der Waals surface area contributed by atoms with Gasteiger partial charge in [0.15, 0.2) is 5.69 Å². The molecule has 0 N–H and O–H groups in total. The van der Waals surface area contributed by atoms with Crippen molar-refractivity contribution in [2.45, 2.75) is 13.8 Å². The number of rotatable bonds is 3. The highest BCUT2D eigenvalue weighted by atomic mass is 35.5. The van der Waals surface area contributed by atoms with Gasteiger partial charge in [0.1, 0.15) is 5.75 Å². The Morgan fingerprint density at radius 1 is 1.36 bits per heavy atom. The molecule has 22 heavy (non-hydrogen) atoms. The maximum atomic E-state index is 11.9. The summed E-state index contributed by atoms with van der Waals surface area (Å²) in [5.41, 5.74) is -0.684. The van der Waals surface area contributed by atoms with Gasteiger partial charge in [0.25, 0.3) is 0 Å². The maximum Gasteiger partial charge on any atom is 0.362 e. The van der Waals surface area contributed by atoms with E-state index in [2.05, 4.69) is 0 Å². The van der Waals surface area contributed by atoms with Crippen LogP contribution in [-0.4, -0.2) is 22.5 Å². The molecule has 8 heteroatoms. The average molecular weight is 342 g/mol. The SMILES string of the molecule is CCOC(=O)c1c(C)c(=O)on1C(=S)Oc1ccc(Cl)cc1. The number of benzene rings is 1. The topological polar surface area (TPSA) is 70.7 Å². The molecule has 1 aromatic carbocycles. The largest absolute Gasteiger partial charge is 0.461 e. The summed E-state index contributed by atoms with van der Waals surface area (Å²) >= 11 is 10.8. The van der Waals surface area contributed by atoms with E-state index in [-0.39, 0.29) is 23.0 Å². The quantitative estimate of drug-likeness (QED) is 0.631. The van der Waals surface area contributed by atoms with Gasteiger partial charge in [-0.1, -0.05) is 11.6 Å². The zero-order valence-electron chi connectivity index (χ0n) is 11.8. The summed E-state index contributed by atoms with van der Waals surface area (Å²) in [5.74, 6) is -0.328. The fourth-order valence-corrected chi connectivity index (χ4v) is 2.01. The van der Waals surface area contributed by atoms with Crippen molar-refractivity contribution in [1.82, 2.24) is 4.74 Å². The number of halogens is 1. The zero-order valence-corrected chi connectivity index (χ0v) is 13.4. The number of hydrogen-bond acceptors (Lipinski definition) is 6. The third-order valence-corrected chi connectivity index (χ3v) is 3.19. The van der Waals surface area contributed by atoms with Crippen molar-refractivity contribution in [3.8, 4) is 5.75 Å². The van der Waals surface area contributed by atoms with Gasteiger partial charge >= 0.3 is 16.8 Å². The van der Waals surface area contributed by atoms with Crippen molar-refractivity contribution >= 4 is 35.0 Å². The third-order valence-electron chi connectivity index (χ3n) is 2.69. The van der Waals surface area contributed by atoms with Gasteiger partial charge in [-0.25, -0.2) is 9.59 Å². The van der Waals surface area contributed by atoms with Gasteiger partial charge in [0.2, 0.25) is 0 Å². The van der Waals surface area contributed by atoms with Crippen LogP contribution in [0.25, 0.3) is 0 Å². The van der Waals surface area contributed by atoms with Crippen LogP contribution in [0.5, 0.6) is 5.75 Å². The van der Waals surface area contributed by atoms with E-state index in [1.54, 1.807) is 31.2 Å². The Morgan fingerprint density at radius 2 is 2.00 bits per heavy atom. The minimum Gasteiger partial charge on any atom is -0.461 e. The molecule has 2 aromatic rings. The average Bonchev–Trinajstić information content (AvgIpc) is 2.78. The molecule has 0 aliphatic rings. The van der Waals surface area contributed by atoms with Crippen LogP contribution in [0.3, 0.4) is 0 Å². The molecule has 6 nitrogen and oxygen atoms in total. The Hall–Kier alpha value is -2.12. The van der Waals surface area contributed by atoms with E-state index in [9.17, 15) is 9.59 Å². The molecule has 0 aliphatic heterocycles. The summed E-state index contributed by atoms with van der Waals surface area (Å²) in [6.07, 6.45) is 0. The second-order valence-electron chi connectivity index (χ2n) is 4.19. The Labute approximate surface area is 136 Å². The number of carbonyl (C=O) groups is 1. The number of hydrogen-bond donors (Lipinski definition) is 0. The molecule has 1 heterocycles. The molecular weight excluding hydrogens is 330 g/mol. The van der Waals surface area contributed by atoms with Crippen molar-refractivity contribution in [1.29, 1.82) is 0 Å². The van der Waals surface area contributed by atoms with Crippen LogP contribution < -0.4 is 10.4 Å². The Morgan fingerprint density at radius 3 is 2.59 bits per heavy atom. The molecule has 0 aliphatic carbocycles. The van der Waals surface area contributed by atoms with Gasteiger partial charge in [-0.3, -0.25) is 0 Å². The first-order valence-electron chi connectivity index (χ1n) is 6.31. The van der Waals surface area contributed by atoms with Crippen molar-refractivity contribution in [3.05, 3.63) is 51.0 Å². The summed E-state index contributed by atoms with van der Waals surface area (Å²) in [6.45, 7) is 3.25. The highest BCUT2D eigenvalue weighted by Gasteiger charge is 2.25. The minimum atomic E-state index is -0.715. The molecular formula is C14H12ClNO5S. The third kappa shape index (κ3) is 3.37. The fraction of sp³-hybridized carbons (Fsp3) is 0.214. The Kier molecular flexibility index (Phi) is 4.99. The van der Waals surface area contributed by atoms with Gasteiger partial charge in [-0.15, -0.1) is 4.74 Å². The number of nitrogens with zero attached hydrogens (tertiary/aromatic N) is 1. The van der Waals surface area contributed by atoms with Crippen molar-refractivity contribution in [3.63, 3.8) is 0 Å². The van der Waals surface area contributed by atoms with Crippen molar-refractivity contribution in [2.75, 3.05) is 6.61 Å². The summed E-state index contributed by atoms with van der Waals surface area (Å²) in [6, 6.07) is 6.41. The Balaban J connectivity index is 2.33. The highest BCUT2D eigenvalue weighted by molar-refractivity contribution is 7.80. The van der Waals surface area contributed by atoms with Gasteiger partial charge < -0.3 is 14.0 Å². The van der Waals surface area contributed by atoms with Gasteiger partial charge in [-0.2, -0.15) is 0 Å². The smallest absolute Gasteiger partial charge is 0.362 e. The van der Waals surface area contributed by atoms with Crippen LogP contribution in [0.4, 0.5) is 0 Å². The lowest BCUT2D eigenvalue weighted by Crippen LogP contribution is -2.22. The highest BCUT2D eigenvalue weighted by Crippen LogP contribution is 2.17. The predicted octanol–water partition coefficient (Wildman–Crippen LogP) is 2.79. The number of ether oxygens (including phenoxy) is 2. The molecule has 0 bridgehead atoms. The van der Waals surface area contributed by atoms with E-state index in [4.69, 9.17) is 37.8 Å². The summed E-state index contributed by atoms with van der Waals surface area (Å²) in [7, 11) is 0. The van der Waals surface area contributed by atoms with Gasteiger partial charge in [0.05, 0.1) is 12.2 Å². The number of aromatic nitrogens is 1. The molecule has 0 unspecified atom stereocenters. The van der Waals surface area contributed by atoms with Crippen molar-refractivity contribution < 1.29 is 18.8 Å². The van der Waals surface area contributed by atoms with Crippen LogP contribution >= 0.6 is 23.8 Å². The standard InChI is InChI=1S/C14H12ClNO5S/c1-3-19-13(18)11-8(2)12(17)21-16(11)14(22)20-10-6-4-9(15)5-7-10/h4-7H,3H2,1-2H3. The first-order chi connectivity index (χ1) is 10.4. The van der Waals surface area contributed by atoms with E-state index < -0.39 is 11.6 Å². The first kappa shape index (κ1) is 16.3. The molecule has 0 amide bonds. The molecule has 0 radical (unpaired) electrons. The van der Waals surface area contributed by atoms with Crippen LogP contribution in [0.1, 0.15) is 23.0 Å². The molecule has 0 atom stereocenters. The van der Waals surface area contributed by atoms with E-state index in [1.807, 2.05) is 0 Å². The maximum absolute atomic E-state index is 11.9. The first-order valence-corrected chi connectivity index (χ1v) is 7.10. The molecule has 0 fully saturated rings. The lowest BCUT2D eigenvalue weighted by molar-refractivity contribution is 0.0507. The minimum absolute atomic E-state index is 0.0918. The molecule has 116 valence electrons. The predicted molar refractivity (Wildman–Crippen MR) is 83.7 cm³/mol.